The van der Waals surface area contributed by atoms with Crippen molar-refractivity contribution in [3.8, 4) is 0 Å². The number of rotatable bonds is 37. The van der Waals surface area contributed by atoms with Gasteiger partial charge in [-0.3, -0.25) is 19.2 Å². The lowest BCUT2D eigenvalue weighted by molar-refractivity contribution is -0.231. The molecule has 3 amide bonds. The second-order valence-electron chi connectivity index (χ2n) is 17.4. The van der Waals surface area contributed by atoms with Crippen molar-refractivity contribution in [3.63, 3.8) is 0 Å². The van der Waals surface area contributed by atoms with Gasteiger partial charge >= 0.3 is 5.97 Å². The fourth-order valence-electron chi connectivity index (χ4n) is 7.93. The van der Waals surface area contributed by atoms with Gasteiger partial charge in [-0.15, -0.1) is 0 Å². The summed E-state index contributed by atoms with van der Waals surface area (Å²) < 4.78 is 6.17. The first-order valence-corrected chi connectivity index (χ1v) is 23.7. The van der Waals surface area contributed by atoms with Gasteiger partial charge in [-0.1, -0.05) is 175 Å². The lowest BCUT2D eigenvalue weighted by Crippen LogP contribution is -2.70. The van der Waals surface area contributed by atoms with Gasteiger partial charge in [0.2, 0.25) is 17.7 Å². The Balaban J connectivity index is 2.94. The van der Waals surface area contributed by atoms with E-state index >= 15 is 0 Å². The van der Waals surface area contributed by atoms with E-state index in [1.807, 2.05) is 13.8 Å². The van der Waals surface area contributed by atoms with Crippen molar-refractivity contribution in [2.24, 2.45) is 5.92 Å². The summed E-state index contributed by atoms with van der Waals surface area (Å²) in [5.41, 5.74) is 0. The van der Waals surface area contributed by atoms with E-state index in [0.29, 0.717) is 19.4 Å². The molecule has 1 rings (SSSR count). The summed E-state index contributed by atoms with van der Waals surface area (Å²) in [4.78, 5) is 53.0. The van der Waals surface area contributed by atoms with Crippen LogP contribution < -0.4 is 10.6 Å². The molecule has 0 unspecified atom stereocenters. The van der Waals surface area contributed by atoms with Crippen LogP contribution >= 0.6 is 0 Å². The Hall–Kier alpha value is -2.28. The molecule has 58 heavy (non-hydrogen) atoms. The van der Waals surface area contributed by atoms with E-state index in [-0.39, 0.29) is 37.5 Å². The minimum Gasteiger partial charge on any atom is -0.481 e. The normalized spacial score (nSPS) is 19.9. The van der Waals surface area contributed by atoms with Crippen LogP contribution in [0.3, 0.4) is 0 Å². The molecule has 1 aliphatic heterocycles. The van der Waals surface area contributed by atoms with Gasteiger partial charge in [0.1, 0.15) is 30.4 Å². The number of unbranched alkanes of at least 4 members (excludes halogenated alkanes) is 23. The average Bonchev–Trinajstić information content (AvgIpc) is 3.19. The topological polar surface area (TPSA) is 186 Å². The summed E-state index contributed by atoms with van der Waals surface area (Å²) >= 11 is 0. The Labute approximate surface area is 352 Å². The number of nitrogens with one attached hydrogen (secondary N) is 2. The van der Waals surface area contributed by atoms with Crippen LogP contribution in [-0.4, -0.2) is 98.8 Å². The van der Waals surface area contributed by atoms with Crippen molar-refractivity contribution in [1.82, 2.24) is 15.5 Å². The van der Waals surface area contributed by atoms with Crippen LogP contribution in [0.2, 0.25) is 0 Å². The largest absolute Gasteiger partial charge is 0.481 e. The average molecular weight is 826 g/mol. The van der Waals surface area contributed by atoms with Crippen LogP contribution in [0.4, 0.5) is 0 Å². The summed E-state index contributed by atoms with van der Waals surface area (Å²) in [6.45, 7) is 7.96. The van der Waals surface area contributed by atoms with Crippen LogP contribution in [0, 0.1) is 5.92 Å². The first kappa shape index (κ1) is 53.7. The van der Waals surface area contributed by atoms with E-state index in [4.69, 9.17) is 9.84 Å². The van der Waals surface area contributed by atoms with E-state index in [2.05, 4.69) is 24.5 Å². The van der Waals surface area contributed by atoms with Crippen LogP contribution in [0.1, 0.15) is 214 Å². The molecule has 0 aliphatic carbocycles. The molecule has 0 spiro atoms. The van der Waals surface area contributed by atoms with Gasteiger partial charge in [-0.25, -0.2) is 0 Å². The first-order valence-electron chi connectivity index (χ1n) is 23.7. The third kappa shape index (κ3) is 24.7. The van der Waals surface area contributed by atoms with Gasteiger partial charge in [0.05, 0.1) is 13.0 Å². The van der Waals surface area contributed by atoms with Gasteiger partial charge < -0.3 is 40.7 Å². The Morgan fingerprint density at radius 2 is 1.07 bits per heavy atom. The van der Waals surface area contributed by atoms with Gasteiger partial charge in [0.15, 0.2) is 6.23 Å². The number of aliphatic carboxylic acids is 1. The zero-order valence-corrected chi connectivity index (χ0v) is 37.2. The number of carbonyl (C=O) groups excluding carboxylic acids is 3. The molecule has 0 aromatic rings. The maximum absolute atomic E-state index is 14.0. The first-order chi connectivity index (χ1) is 28.0. The second-order valence-corrected chi connectivity index (χ2v) is 17.4. The van der Waals surface area contributed by atoms with E-state index < -0.39 is 61.0 Å². The summed E-state index contributed by atoms with van der Waals surface area (Å²) in [5.74, 6) is -2.56. The number of aliphatic hydroxyl groups excluding tert-OH is 3. The molecular weight excluding hydrogens is 739 g/mol. The Kier molecular flexibility index (Phi) is 31.9. The molecule has 1 fully saturated rings. The minimum atomic E-state index is -1.57. The van der Waals surface area contributed by atoms with Crippen molar-refractivity contribution in [2.45, 2.75) is 251 Å². The summed E-state index contributed by atoms with van der Waals surface area (Å²) in [7, 11) is 0. The Bertz CT molecular complexity index is 1080. The fraction of sp³-hybridized carbons (Fsp3) is 0.913. The number of carboxylic acids is 1. The van der Waals surface area contributed by atoms with Crippen molar-refractivity contribution < 1.29 is 44.3 Å². The van der Waals surface area contributed by atoms with E-state index in [1.54, 1.807) is 4.90 Å². The number of nitrogens with zero attached hydrogens (tertiary/aromatic N) is 1. The van der Waals surface area contributed by atoms with Crippen molar-refractivity contribution >= 4 is 23.7 Å². The van der Waals surface area contributed by atoms with E-state index in [9.17, 15) is 34.5 Å². The predicted molar refractivity (Wildman–Crippen MR) is 231 cm³/mol. The number of hydrogen-bond acceptors (Lipinski definition) is 8. The molecule has 0 bridgehead atoms. The number of ether oxygens (including phenoxy) is 1. The van der Waals surface area contributed by atoms with Gasteiger partial charge in [0, 0.05) is 19.4 Å². The molecular formula is C46H87N3O9. The summed E-state index contributed by atoms with van der Waals surface area (Å²) in [6, 6.07) is -2.29. The number of carboxylic acid groups (broad SMARTS) is 1. The van der Waals surface area contributed by atoms with Crippen LogP contribution in [0.5, 0.6) is 0 Å². The lowest BCUT2D eigenvalue weighted by Gasteiger charge is -2.47. The highest BCUT2D eigenvalue weighted by molar-refractivity contribution is 5.89. The van der Waals surface area contributed by atoms with Gasteiger partial charge in [-0.2, -0.15) is 0 Å². The number of hydrogen-bond donors (Lipinski definition) is 6. The van der Waals surface area contributed by atoms with Crippen molar-refractivity contribution in [3.05, 3.63) is 0 Å². The smallest absolute Gasteiger partial charge is 0.303 e. The third-order valence-corrected chi connectivity index (χ3v) is 11.5. The van der Waals surface area contributed by atoms with E-state index in [0.717, 1.165) is 38.5 Å². The molecule has 340 valence electrons. The SMILES string of the molecule is CCCCCCCCCCCCCCCCCCN(C(=O)CCCCCCCCCCC)[C@@H]1O[C@H](CO)[C@@H](O)[C@H](O)[C@@H]1NC(=O)[C@H](CC(C)C)NC(=O)CCC(=O)O. The highest BCUT2D eigenvalue weighted by atomic mass is 16.5. The van der Waals surface area contributed by atoms with Crippen molar-refractivity contribution in [1.29, 1.82) is 0 Å². The quantitative estimate of drug-likeness (QED) is 0.0335. The minimum absolute atomic E-state index is 0.0208. The number of carbonyl (C=O) groups is 4. The van der Waals surface area contributed by atoms with E-state index in [1.165, 1.54) is 109 Å². The summed E-state index contributed by atoms with van der Waals surface area (Å²) in [5, 5.41) is 46.9. The number of aliphatic hydroxyl groups is 3. The zero-order chi connectivity index (χ0) is 43.0. The molecule has 6 N–H and O–H groups in total. The Morgan fingerprint density at radius 3 is 1.50 bits per heavy atom. The molecule has 0 radical (unpaired) electrons. The van der Waals surface area contributed by atoms with Crippen LogP contribution in [0.15, 0.2) is 0 Å². The van der Waals surface area contributed by atoms with Crippen LogP contribution in [-0.2, 0) is 23.9 Å². The monoisotopic (exact) mass is 826 g/mol. The Morgan fingerprint density at radius 1 is 0.621 bits per heavy atom. The van der Waals surface area contributed by atoms with Crippen LogP contribution in [0.25, 0.3) is 0 Å². The fourth-order valence-corrected chi connectivity index (χ4v) is 7.93. The second kappa shape index (κ2) is 34.4. The lowest BCUT2D eigenvalue weighted by atomic mass is 9.94. The molecule has 6 atom stereocenters. The zero-order valence-electron chi connectivity index (χ0n) is 37.2. The highest BCUT2D eigenvalue weighted by Crippen LogP contribution is 2.26. The molecule has 12 heteroatoms. The van der Waals surface area contributed by atoms with Gasteiger partial charge in [0.25, 0.3) is 0 Å². The predicted octanol–water partition coefficient (Wildman–Crippen LogP) is 8.32. The third-order valence-electron chi connectivity index (χ3n) is 11.5. The van der Waals surface area contributed by atoms with Gasteiger partial charge in [-0.05, 0) is 25.2 Å². The molecule has 0 aromatic heterocycles. The molecule has 12 nitrogen and oxygen atoms in total. The van der Waals surface area contributed by atoms with Crippen molar-refractivity contribution in [2.75, 3.05) is 13.2 Å². The maximum atomic E-state index is 14.0. The molecule has 0 saturated carbocycles. The highest BCUT2D eigenvalue weighted by Gasteiger charge is 2.48. The molecule has 1 saturated heterocycles. The summed E-state index contributed by atoms with van der Waals surface area (Å²) in [6.07, 6.45) is 23.8. The standard InChI is InChI=1S/C46H87N3O9/c1-5-7-9-11-13-15-16-17-18-19-20-21-23-25-27-29-33-49(40(52)30-28-26-24-22-14-12-10-8-6-2)46-42(44(56)43(55)38(35-50)58-46)48-45(57)37(34-36(3)4)47-39(51)31-32-41(53)54/h36-38,42-44,46,50,55-56H,5-35H2,1-4H3,(H,47,51)(H,48,57)(H,53,54)/t37-,38+,42-,43+,44+,46+/m0/s1. The maximum Gasteiger partial charge on any atom is 0.303 e. The molecule has 1 aliphatic rings. The molecule has 0 aromatic carbocycles. The molecule has 1 heterocycles. The number of amides is 3.